The number of carbonyl (C=O) groups is 1. The highest BCUT2D eigenvalue weighted by molar-refractivity contribution is 6.09. The molecule has 0 spiro atoms. The van der Waals surface area contributed by atoms with Crippen LogP contribution in [0.3, 0.4) is 0 Å². The minimum Gasteiger partial charge on any atom is -0.367 e. The van der Waals surface area contributed by atoms with Gasteiger partial charge in [0.2, 0.25) is 5.78 Å². The number of carbonyl (C=O) groups excluding carboxylic acids is 1. The van der Waals surface area contributed by atoms with Crippen LogP contribution in [0, 0.1) is 0 Å². The van der Waals surface area contributed by atoms with E-state index in [1.807, 2.05) is 12.1 Å². The smallest absolute Gasteiger partial charge is 0.214 e. The van der Waals surface area contributed by atoms with E-state index in [9.17, 15) is 9.90 Å². The number of aliphatic hydroxyl groups is 1. The molecule has 0 aromatic heterocycles. The van der Waals surface area contributed by atoms with Gasteiger partial charge in [0, 0.05) is 18.3 Å². The Balaban J connectivity index is 2.59. The molecule has 0 radical (unpaired) electrons. The van der Waals surface area contributed by atoms with Crippen molar-refractivity contribution in [3.63, 3.8) is 0 Å². The first-order valence-corrected chi connectivity index (χ1v) is 3.76. The minimum absolute atomic E-state index is 0.215. The summed E-state index contributed by atoms with van der Waals surface area (Å²) in [5.41, 5.74) is 1.41. The molecule has 1 aromatic rings. The second-order valence-electron chi connectivity index (χ2n) is 2.87. The van der Waals surface area contributed by atoms with E-state index in [0.29, 0.717) is 5.56 Å². The Bertz CT molecular complexity index is 335. The van der Waals surface area contributed by atoms with Crippen molar-refractivity contribution in [3.8, 4) is 0 Å². The first-order chi connectivity index (χ1) is 5.72. The molecule has 3 heteroatoms. The van der Waals surface area contributed by atoms with Gasteiger partial charge >= 0.3 is 0 Å². The number of anilines is 1. The molecule has 62 valence electrons. The monoisotopic (exact) mass is 163 g/mol. The van der Waals surface area contributed by atoms with Gasteiger partial charge < -0.3 is 10.0 Å². The van der Waals surface area contributed by atoms with Gasteiger partial charge in [0.05, 0.1) is 0 Å². The summed E-state index contributed by atoms with van der Waals surface area (Å²) < 4.78 is 0. The van der Waals surface area contributed by atoms with Crippen molar-refractivity contribution in [1.82, 2.24) is 0 Å². The minimum atomic E-state index is -0.998. The van der Waals surface area contributed by atoms with E-state index in [4.69, 9.17) is 0 Å². The van der Waals surface area contributed by atoms with Crippen LogP contribution >= 0.6 is 0 Å². The highest BCUT2D eigenvalue weighted by Gasteiger charge is 2.32. The number of Topliss-reactive ketones (excluding diaryl/α,β-unsaturated/α-hetero) is 1. The lowest BCUT2D eigenvalue weighted by Gasteiger charge is -2.14. The predicted molar refractivity (Wildman–Crippen MR) is 45.2 cm³/mol. The van der Waals surface area contributed by atoms with Crippen LogP contribution in [0.1, 0.15) is 10.4 Å². The molecule has 1 aliphatic rings. The third-order valence-electron chi connectivity index (χ3n) is 2.15. The van der Waals surface area contributed by atoms with Gasteiger partial charge in [-0.3, -0.25) is 4.79 Å². The number of likely N-dealkylation sites (N-methyl/N-ethyl adjacent to an activating group) is 1. The molecule has 1 N–H and O–H groups in total. The summed E-state index contributed by atoms with van der Waals surface area (Å²) in [6, 6.07) is 7.19. The van der Waals surface area contributed by atoms with Gasteiger partial charge in [0.15, 0.2) is 6.23 Å². The van der Waals surface area contributed by atoms with Crippen LogP contribution < -0.4 is 4.90 Å². The molecular formula is C9H9NO2. The zero-order chi connectivity index (χ0) is 8.72. The maximum atomic E-state index is 11.3. The Hall–Kier alpha value is -1.35. The quantitative estimate of drug-likeness (QED) is 0.610. The van der Waals surface area contributed by atoms with Crippen LogP contribution in [0.4, 0.5) is 5.69 Å². The van der Waals surface area contributed by atoms with E-state index in [1.165, 1.54) is 0 Å². The van der Waals surface area contributed by atoms with Gasteiger partial charge in [0.1, 0.15) is 0 Å². The maximum absolute atomic E-state index is 11.3. The molecule has 1 atom stereocenters. The summed E-state index contributed by atoms with van der Waals surface area (Å²) >= 11 is 0. The zero-order valence-electron chi connectivity index (χ0n) is 6.69. The average Bonchev–Trinajstić information content (AvgIpc) is 2.33. The highest BCUT2D eigenvalue weighted by atomic mass is 16.3. The van der Waals surface area contributed by atoms with E-state index >= 15 is 0 Å². The lowest BCUT2D eigenvalue weighted by Crippen LogP contribution is -2.31. The van der Waals surface area contributed by atoms with Crippen LogP contribution in [0.25, 0.3) is 0 Å². The molecule has 2 rings (SSSR count). The summed E-state index contributed by atoms with van der Waals surface area (Å²) in [6.45, 7) is 0. The van der Waals surface area contributed by atoms with Crippen molar-refractivity contribution in [2.45, 2.75) is 6.23 Å². The van der Waals surface area contributed by atoms with Crippen LogP contribution in [-0.2, 0) is 0 Å². The van der Waals surface area contributed by atoms with E-state index in [0.717, 1.165) is 5.69 Å². The topological polar surface area (TPSA) is 40.5 Å². The lowest BCUT2D eigenvalue weighted by molar-refractivity contribution is 0.0778. The van der Waals surface area contributed by atoms with Crippen LogP contribution in [0.15, 0.2) is 24.3 Å². The van der Waals surface area contributed by atoms with E-state index < -0.39 is 6.23 Å². The Morgan fingerprint density at radius 3 is 2.75 bits per heavy atom. The summed E-state index contributed by atoms with van der Waals surface area (Å²) in [4.78, 5) is 12.9. The van der Waals surface area contributed by atoms with Crippen molar-refractivity contribution < 1.29 is 9.90 Å². The number of fused-ring (bicyclic) bond motifs is 1. The number of hydrogen-bond donors (Lipinski definition) is 1. The first kappa shape index (κ1) is 7.31. The fraction of sp³-hybridized carbons (Fsp3) is 0.222. The Labute approximate surface area is 70.2 Å². The van der Waals surface area contributed by atoms with Crippen molar-refractivity contribution in [3.05, 3.63) is 29.8 Å². The number of ketones is 1. The van der Waals surface area contributed by atoms with Gasteiger partial charge in [-0.25, -0.2) is 0 Å². The van der Waals surface area contributed by atoms with Crippen LogP contribution in [0.2, 0.25) is 0 Å². The van der Waals surface area contributed by atoms with Crippen molar-refractivity contribution in [2.75, 3.05) is 11.9 Å². The van der Waals surface area contributed by atoms with E-state index in [2.05, 4.69) is 0 Å². The van der Waals surface area contributed by atoms with E-state index in [-0.39, 0.29) is 5.78 Å². The molecule has 0 fully saturated rings. The molecule has 1 aromatic carbocycles. The number of hydrogen-bond acceptors (Lipinski definition) is 3. The first-order valence-electron chi connectivity index (χ1n) is 3.76. The molecule has 0 aliphatic carbocycles. The number of aliphatic hydroxyl groups excluding tert-OH is 1. The van der Waals surface area contributed by atoms with Crippen LogP contribution in [-0.4, -0.2) is 24.2 Å². The molecular weight excluding hydrogens is 154 g/mol. The fourth-order valence-corrected chi connectivity index (χ4v) is 1.44. The third kappa shape index (κ3) is 0.769. The zero-order valence-corrected chi connectivity index (χ0v) is 6.69. The number of rotatable bonds is 0. The van der Waals surface area contributed by atoms with E-state index in [1.54, 1.807) is 24.1 Å². The Morgan fingerprint density at radius 1 is 1.42 bits per heavy atom. The summed E-state index contributed by atoms with van der Waals surface area (Å²) in [5.74, 6) is -0.215. The van der Waals surface area contributed by atoms with Gasteiger partial charge in [-0.05, 0) is 12.1 Å². The standard InChI is InChI=1S/C9H9NO2/c1-10-7-5-3-2-4-6(7)8(11)9(10)12/h2-5,9,12H,1H3. The second kappa shape index (κ2) is 2.32. The molecule has 0 bridgehead atoms. The normalized spacial score (nSPS) is 21.3. The maximum Gasteiger partial charge on any atom is 0.214 e. The third-order valence-corrected chi connectivity index (χ3v) is 2.15. The van der Waals surface area contributed by atoms with Crippen molar-refractivity contribution in [1.29, 1.82) is 0 Å². The molecule has 1 heterocycles. The molecule has 0 saturated heterocycles. The molecule has 1 aliphatic heterocycles. The van der Waals surface area contributed by atoms with Crippen molar-refractivity contribution in [2.24, 2.45) is 0 Å². The molecule has 0 saturated carbocycles. The summed E-state index contributed by atoms with van der Waals surface area (Å²) in [6.07, 6.45) is -0.998. The van der Waals surface area contributed by atoms with Gasteiger partial charge in [-0.1, -0.05) is 12.1 Å². The lowest BCUT2D eigenvalue weighted by atomic mass is 10.1. The average molecular weight is 163 g/mol. The van der Waals surface area contributed by atoms with Gasteiger partial charge in [-0.15, -0.1) is 0 Å². The van der Waals surface area contributed by atoms with Crippen molar-refractivity contribution >= 4 is 11.5 Å². The Kier molecular flexibility index (Phi) is 1.41. The highest BCUT2D eigenvalue weighted by Crippen LogP contribution is 2.28. The molecule has 12 heavy (non-hydrogen) atoms. The largest absolute Gasteiger partial charge is 0.367 e. The van der Waals surface area contributed by atoms with Crippen LogP contribution in [0.5, 0.6) is 0 Å². The second-order valence-corrected chi connectivity index (χ2v) is 2.87. The summed E-state index contributed by atoms with van der Waals surface area (Å²) in [7, 11) is 1.70. The number of benzene rings is 1. The predicted octanol–water partition coefficient (Wildman–Crippen LogP) is 0.637. The fourth-order valence-electron chi connectivity index (χ4n) is 1.44. The molecule has 1 unspecified atom stereocenters. The molecule has 3 nitrogen and oxygen atoms in total. The summed E-state index contributed by atoms with van der Waals surface area (Å²) in [5, 5.41) is 9.36. The molecule has 0 amide bonds. The Morgan fingerprint density at radius 2 is 2.08 bits per heavy atom. The number of nitrogens with zero attached hydrogens (tertiary/aromatic N) is 1. The van der Waals surface area contributed by atoms with Gasteiger partial charge in [0.25, 0.3) is 0 Å². The van der Waals surface area contributed by atoms with Gasteiger partial charge in [-0.2, -0.15) is 0 Å². The number of para-hydroxylation sites is 1. The SMILES string of the molecule is CN1c2ccccc2C(=O)C1O.